The Morgan fingerprint density at radius 3 is 2.43 bits per heavy atom. The largest absolute Gasteiger partial charge is 0.490 e. The zero-order chi connectivity index (χ0) is 19.6. The molecule has 0 saturated heterocycles. The van der Waals surface area contributed by atoms with Gasteiger partial charge in [0.05, 0.1) is 12.2 Å². The maximum absolute atomic E-state index is 12.5. The third-order valence-corrected chi connectivity index (χ3v) is 5.11. The number of nitrogens with one attached hydrogen (secondary N) is 1. The number of carbonyl (C=O) groups excluding carboxylic acids is 1. The van der Waals surface area contributed by atoms with Gasteiger partial charge in [-0.05, 0) is 44.2 Å². The number of benzene rings is 2. The quantitative estimate of drug-likeness (QED) is 0.655. The molecule has 0 spiro atoms. The molecule has 3 rings (SSSR count). The summed E-state index contributed by atoms with van der Waals surface area (Å²) in [4.78, 5) is 14.7. The van der Waals surface area contributed by atoms with Gasteiger partial charge >= 0.3 is 0 Å². The zero-order valence-electron chi connectivity index (χ0n) is 16.6. The molecule has 0 atom stereocenters. The molecule has 5 heteroatoms. The van der Waals surface area contributed by atoms with Crippen LogP contribution in [0.25, 0.3) is 0 Å². The summed E-state index contributed by atoms with van der Waals surface area (Å²) in [5.74, 6) is 1.47. The minimum Gasteiger partial charge on any atom is -0.490 e. The molecule has 1 N–H and O–H groups in total. The Hall–Kier alpha value is -2.53. The summed E-state index contributed by atoms with van der Waals surface area (Å²) in [6.07, 6.45) is 6.21. The standard InChI is InChI=1S/C23H30N2O3/c1-25(19-10-4-2-5-11-19)18-23(26)24-21-14-8-9-15-22(21)28-17-16-27-20-12-6-3-7-13-20/h3,6-9,12-15,19H,2,4-5,10-11,16-18H2,1H3,(H,24,26). The van der Waals surface area contributed by atoms with Gasteiger partial charge in [-0.25, -0.2) is 0 Å². The van der Waals surface area contributed by atoms with Crippen LogP contribution in [0, 0.1) is 0 Å². The summed E-state index contributed by atoms with van der Waals surface area (Å²) in [5.41, 5.74) is 0.698. The molecule has 0 heterocycles. The van der Waals surface area contributed by atoms with Crippen LogP contribution < -0.4 is 14.8 Å². The van der Waals surface area contributed by atoms with E-state index >= 15 is 0 Å². The van der Waals surface area contributed by atoms with E-state index in [2.05, 4.69) is 10.2 Å². The van der Waals surface area contributed by atoms with E-state index in [1.807, 2.05) is 61.6 Å². The predicted octanol–water partition coefficient (Wildman–Crippen LogP) is 4.35. The number of para-hydroxylation sites is 3. The molecule has 5 nitrogen and oxygen atoms in total. The van der Waals surface area contributed by atoms with Crippen LogP contribution in [0.5, 0.6) is 11.5 Å². The molecular formula is C23H30N2O3. The monoisotopic (exact) mass is 382 g/mol. The molecule has 150 valence electrons. The van der Waals surface area contributed by atoms with Crippen LogP contribution >= 0.6 is 0 Å². The van der Waals surface area contributed by atoms with Gasteiger partial charge in [-0.15, -0.1) is 0 Å². The van der Waals surface area contributed by atoms with Gasteiger partial charge in [0.15, 0.2) is 0 Å². The van der Waals surface area contributed by atoms with Gasteiger partial charge in [-0.3, -0.25) is 9.69 Å². The number of amides is 1. The second-order valence-electron chi connectivity index (χ2n) is 7.26. The summed E-state index contributed by atoms with van der Waals surface area (Å²) in [6.45, 7) is 1.25. The molecule has 0 radical (unpaired) electrons. The first-order valence-corrected chi connectivity index (χ1v) is 10.1. The third kappa shape index (κ3) is 6.27. The van der Waals surface area contributed by atoms with E-state index in [0.717, 1.165) is 5.75 Å². The average molecular weight is 383 g/mol. The van der Waals surface area contributed by atoms with Crippen molar-refractivity contribution in [2.45, 2.75) is 38.1 Å². The van der Waals surface area contributed by atoms with Crippen molar-refractivity contribution in [2.75, 3.05) is 32.1 Å². The van der Waals surface area contributed by atoms with Gasteiger partial charge in [0, 0.05) is 6.04 Å². The Morgan fingerprint density at radius 1 is 0.964 bits per heavy atom. The van der Waals surface area contributed by atoms with Crippen LogP contribution in [0.15, 0.2) is 54.6 Å². The fourth-order valence-corrected chi connectivity index (χ4v) is 3.59. The number of nitrogens with zero attached hydrogens (tertiary/aromatic N) is 1. The van der Waals surface area contributed by atoms with E-state index in [4.69, 9.17) is 9.47 Å². The molecule has 0 aliphatic heterocycles. The lowest BCUT2D eigenvalue weighted by atomic mass is 9.94. The Kier molecular flexibility index (Phi) is 7.73. The molecule has 1 amide bonds. The molecule has 0 unspecified atom stereocenters. The number of carbonyl (C=O) groups is 1. The highest BCUT2D eigenvalue weighted by Crippen LogP contribution is 2.24. The van der Waals surface area contributed by atoms with E-state index in [9.17, 15) is 4.79 Å². The first kappa shape index (κ1) is 20.2. The number of hydrogen-bond donors (Lipinski definition) is 1. The van der Waals surface area contributed by atoms with E-state index in [0.29, 0.717) is 37.2 Å². The van der Waals surface area contributed by atoms with Crippen LogP contribution in [-0.2, 0) is 4.79 Å². The minimum atomic E-state index is -0.00957. The fourth-order valence-electron chi connectivity index (χ4n) is 3.59. The maximum atomic E-state index is 12.5. The molecule has 1 aliphatic rings. The molecular weight excluding hydrogens is 352 g/mol. The lowest BCUT2D eigenvalue weighted by molar-refractivity contribution is -0.117. The Labute approximate surface area is 167 Å². The van der Waals surface area contributed by atoms with Gasteiger partial charge in [-0.2, -0.15) is 0 Å². The lowest BCUT2D eigenvalue weighted by Gasteiger charge is -2.30. The number of anilines is 1. The predicted molar refractivity (Wildman–Crippen MR) is 112 cm³/mol. The van der Waals surface area contributed by atoms with Crippen LogP contribution in [0.2, 0.25) is 0 Å². The van der Waals surface area contributed by atoms with Crippen molar-refractivity contribution in [3.8, 4) is 11.5 Å². The number of hydrogen-bond acceptors (Lipinski definition) is 4. The summed E-state index contributed by atoms with van der Waals surface area (Å²) in [5, 5.41) is 2.99. The molecule has 0 bridgehead atoms. The zero-order valence-corrected chi connectivity index (χ0v) is 16.6. The second kappa shape index (κ2) is 10.7. The third-order valence-electron chi connectivity index (χ3n) is 5.11. The van der Waals surface area contributed by atoms with Gasteiger partial charge in [0.2, 0.25) is 5.91 Å². The van der Waals surface area contributed by atoms with E-state index in [1.54, 1.807) is 0 Å². The molecule has 0 aromatic heterocycles. The average Bonchev–Trinajstić information content (AvgIpc) is 2.73. The summed E-state index contributed by atoms with van der Waals surface area (Å²) in [7, 11) is 2.04. The van der Waals surface area contributed by atoms with Crippen molar-refractivity contribution in [2.24, 2.45) is 0 Å². The Bertz CT molecular complexity index is 730. The molecule has 2 aromatic carbocycles. The minimum absolute atomic E-state index is 0.00957. The SMILES string of the molecule is CN(CC(=O)Nc1ccccc1OCCOc1ccccc1)C1CCCCC1. The van der Waals surface area contributed by atoms with Crippen molar-refractivity contribution in [1.82, 2.24) is 4.90 Å². The van der Waals surface area contributed by atoms with Gasteiger partial charge in [0.1, 0.15) is 24.7 Å². The van der Waals surface area contributed by atoms with Crippen molar-refractivity contribution >= 4 is 11.6 Å². The molecule has 1 fully saturated rings. The van der Waals surface area contributed by atoms with Crippen LogP contribution in [-0.4, -0.2) is 43.7 Å². The Morgan fingerprint density at radius 2 is 1.64 bits per heavy atom. The Balaban J connectivity index is 1.46. The van der Waals surface area contributed by atoms with E-state index in [-0.39, 0.29) is 5.91 Å². The highest BCUT2D eigenvalue weighted by Gasteiger charge is 2.20. The normalized spacial score (nSPS) is 14.6. The highest BCUT2D eigenvalue weighted by molar-refractivity contribution is 5.93. The molecule has 1 aliphatic carbocycles. The van der Waals surface area contributed by atoms with Crippen LogP contribution in [0.1, 0.15) is 32.1 Å². The topological polar surface area (TPSA) is 50.8 Å². The first-order chi connectivity index (χ1) is 13.7. The molecule has 1 saturated carbocycles. The summed E-state index contributed by atoms with van der Waals surface area (Å²) >= 11 is 0. The van der Waals surface area contributed by atoms with Crippen molar-refractivity contribution < 1.29 is 14.3 Å². The van der Waals surface area contributed by atoms with Crippen molar-refractivity contribution in [1.29, 1.82) is 0 Å². The summed E-state index contributed by atoms with van der Waals surface area (Å²) < 4.78 is 11.5. The number of rotatable bonds is 9. The maximum Gasteiger partial charge on any atom is 0.238 e. The van der Waals surface area contributed by atoms with Gasteiger partial charge < -0.3 is 14.8 Å². The van der Waals surface area contributed by atoms with E-state index in [1.165, 1.54) is 32.1 Å². The van der Waals surface area contributed by atoms with Crippen LogP contribution in [0.4, 0.5) is 5.69 Å². The summed E-state index contributed by atoms with van der Waals surface area (Å²) in [6, 6.07) is 17.7. The van der Waals surface area contributed by atoms with Crippen molar-refractivity contribution in [3.63, 3.8) is 0 Å². The number of ether oxygens (including phenoxy) is 2. The molecule has 28 heavy (non-hydrogen) atoms. The number of likely N-dealkylation sites (N-methyl/N-ethyl adjacent to an activating group) is 1. The highest BCUT2D eigenvalue weighted by atomic mass is 16.5. The van der Waals surface area contributed by atoms with Gasteiger partial charge in [0.25, 0.3) is 0 Å². The second-order valence-corrected chi connectivity index (χ2v) is 7.26. The van der Waals surface area contributed by atoms with Crippen molar-refractivity contribution in [3.05, 3.63) is 54.6 Å². The lowest BCUT2D eigenvalue weighted by Crippen LogP contribution is -2.39. The van der Waals surface area contributed by atoms with Gasteiger partial charge in [-0.1, -0.05) is 49.6 Å². The van der Waals surface area contributed by atoms with E-state index < -0.39 is 0 Å². The fraction of sp³-hybridized carbons (Fsp3) is 0.435. The molecule has 2 aromatic rings. The smallest absolute Gasteiger partial charge is 0.238 e. The first-order valence-electron chi connectivity index (χ1n) is 10.1. The van der Waals surface area contributed by atoms with Crippen LogP contribution in [0.3, 0.4) is 0 Å².